The highest BCUT2D eigenvalue weighted by atomic mass is 16.5. The van der Waals surface area contributed by atoms with Crippen LogP contribution in [0.5, 0.6) is 0 Å². The number of anilines is 1. The van der Waals surface area contributed by atoms with Crippen LogP contribution in [0.15, 0.2) is 66.7 Å². The van der Waals surface area contributed by atoms with Crippen molar-refractivity contribution in [2.45, 2.75) is 37.6 Å². The van der Waals surface area contributed by atoms with Gasteiger partial charge in [0.15, 0.2) is 0 Å². The number of amides is 2. The lowest BCUT2D eigenvalue weighted by Gasteiger charge is -2.31. The van der Waals surface area contributed by atoms with Gasteiger partial charge in [0.1, 0.15) is 5.82 Å². The minimum atomic E-state index is -0.209. The summed E-state index contributed by atoms with van der Waals surface area (Å²) >= 11 is 0. The first-order chi connectivity index (χ1) is 15.3. The number of rotatable bonds is 6. The molecule has 2 fully saturated rings. The number of carbonyl (C=O) groups is 1. The molecular weight excluding hydrogens is 388 g/mol. The highest BCUT2D eigenvalue weighted by Crippen LogP contribution is 2.40. The normalized spacial score (nSPS) is 17.8. The fraction of sp³-hybridized carbons (Fsp3) is 0.360. The Labute approximate surface area is 182 Å². The van der Waals surface area contributed by atoms with Crippen LogP contribution in [-0.4, -0.2) is 29.0 Å². The van der Waals surface area contributed by atoms with E-state index in [4.69, 9.17) is 9.84 Å². The van der Waals surface area contributed by atoms with Crippen molar-refractivity contribution in [1.82, 2.24) is 15.1 Å². The molecule has 31 heavy (non-hydrogen) atoms. The van der Waals surface area contributed by atoms with Crippen LogP contribution in [0.3, 0.4) is 0 Å². The minimum Gasteiger partial charge on any atom is -0.381 e. The van der Waals surface area contributed by atoms with Crippen LogP contribution >= 0.6 is 0 Å². The molecular formula is C25H28N4O2. The molecule has 6 heteroatoms. The van der Waals surface area contributed by atoms with Crippen LogP contribution in [0, 0.1) is 5.92 Å². The van der Waals surface area contributed by atoms with Crippen molar-refractivity contribution in [2.24, 2.45) is 5.92 Å². The van der Waals surface area contributed by atoms with Crippen molar-refractivity contribution < 1.29 is 9.53 Å². The van der Waals surface area contributed by atoms with Gasteiger partial charge in [-0.3, -0.25) is 5.32 Å². The number of nitrogens with zero attached hydrogens (tertiary/aromatic N) is 2. The monoisotopic (exact) mass is 416 g/mol. The highest BCUT2D eigenvalue weighted by molar-refractivity contribution is 5.89. The lowest BCUT2D eigenvalue weighted by molar-refractivity contribution is 0.0551. The fourth-order valence-electron chi connectivity index (χ4n) is 4.31. The maximum absolute atomic E-state index is 13.1. The van der Waals surface area contributed by atoms with Gasteiger partial charge in [-0.1, -0.05) is 48.5 Å². The number of hydrogen-bond donors (Lipinski definition) is 2. The zero-order valence-electron chi connectivity index (χ0n) is 17.5. The number of nitrogens with one attached hydrogen (secondary N) is 2. The van der Waals surface area contributed by atoms with Crippen LogP contribution in [0.2, 0.25) is 0 Å². The molecule has 2 aliphatic rings. The Morgan fingerprint density at radius 2 is 1.65 bits per heavy atom. The molecule has 6 nitrogen and oxygen atoms in total. The van der Waals surface area contributed by atoms with Crippen LogP contribution in [0.1, 0.15) is 48.9 Å². The number of urea groups is 1. The van der Waals surface area contributed by atoms with Crippen molar-refractivity contribution in [3.63, 3.8) is 0 Å². The zero-order chi connectivity index (χ0) is 21.0. The third-order valence-corrected chi connectivity index (χ3v) is 6.15. The number of benzene rings is 2. The average Bonchev–Trinajstić information content (AvgIpc) is 3.60. The lowest BCUT2D eigenvalue weighted by atomic mass is 9.87. The van der Waals surface area contributed by atoms with Crippen LogP contribution < -0.4 is 10.6 Å². The van der Waals surface area contributed by atoms with Gasteiger partial charge in [0.25, 0.3) is 0 Å². The largest absolute Gasteiger partial charge is 0.381 e. The van der Waals surface area contributed by atoms with E-state index in [9.17, 15) is 4.79 Å². The molecule has 5 rings (SSSR count). The SMILES string of the molecule is O=C(Nc1cc(C2CC2)nn1-c1ccccc1)NC(c1ccccc1)C1CCOCC1. The molecule has 0 spiro atoms. The summed E-state index contributed by atoms with van der Waals surface area (Å²) in [4.78, 5) is 13.1. The fourth-order valence-corrected chi connectivity index (χ4v) is 4.31. The molecule has 2 aromatic carbocycles. The van der Waals surface area contributed by atoms with E-state index >= 15 is 0 Å². The summed E-state index contributed by atoms with van der Waals surface area (Å²) in [6.45, 7) is 1.48. The van der Waals surface area contributed by atoms with E-state index in [0.29, 0.717) is 17.7 Å². The summed E-state index contributed by atoms with van der Waals surface area (Å²) in [5.41, 5.74) is 3.11. The summed E-state index contributed by atoms with van der Waals surface area (Å²) in [5.74, 6) is 1.56. The Bertz CT molecular complexity index is 1010. The molecule has 160 valence electrons. The third-order valence-electron chi connectivity index (χ3n) is 6.15. The standard InChI is InChI=1S/C25H28N4O2/c30-25(27-24(19-7-3-1-4-8-19)20-13-15-31-16-14-20)26-23-17-22(18-11-12-18)28-29(23)21-9-5-2-6-10-21/h1-10,17-18,20,24H,11-16H2,(H2,26,27,30). The minimum absolute atomic E-state index is 0.0545. The predicted molar refractivity (Wildman–Crippen MR) is 120 cm³/mol. The quantitative estimate of drug-likeness (QED) is 0.592. The van der Waals surface area contributed by atoms with Gasteiger partial charge in [0.2, 0.25) is 0 Å². The van der Waals surface area contributed by atoms with Crippen molar-refractivity contribution in [1.29, 1.82) is 0 Å². The van der Waals surface area contributed by atoms with Crippen molar-refractivity contribution >= 4 is 11.8 Å². The molecule has 2 N–H and O–H groups in total. The second kappa shape index (κ2) is 8.94. The lowest BCUT2D eigenvalue weighted by Crippen LogP contribution is -2.38. The third kappa shape index (κ3) is 4.64. The van der Waals surface area contributed by atoms with Crippen LogP contribution in [0.4, 0.5) is 10.6 Å². The van der Waals surface area contributed by atoms with Crippen molar-refractivity contribution in [2.75, 3.05) is 18.5 Å². The average molecular weight is 417 g/mol. The van der Waals surface area contributed by atoms with E-state index in [1.165, 1.54) is 0 Å². The van der Waals surface area contributed by atoms with Gasteiger partial charge in [-0.15, -0.1) is 0 Å². The number of para-hydroxylation sites is 1. The highest BCUT2D eigenvalue weighted by Gasteiger charge is 2.29. The summed E-state index contributed by atoms with van der Waals surface area (Å²) < 4.78 is 7.37. The molecule has 1 unspecified atom stereocenters. The van der Waals surface area contributed by atoms with Gasteiger partial charge >= 0.3 is 6.03 Å². The number of carbonyl (C=O) groups excluding carboxylic acids is 1. The summed E-state index contributed by atoms with van der Waals surface area (Å²) in [7, 11) is 0. The van der Waals surface area contributed by atoms with E-state index in [0.717, 1.165) is 55.8 Å². The topological polar surface area (TPSA) is 68.2 Å². The molecule has 2 heterocycles. The van der Waals surface area contributed by atoms with Crippen molar-refractivity contribution in [3.05, 3.63) is 78.0 Å². The molecule has 1 aliphatic heterocycles. The Morgan fingerprint density at radius 3 is 2.32 bits per heavy atom. The second-order valence-electron chi connectivity index (χ2n) is 8.41. The Hall–Kier alpha value is -3.12. The summed E-state index contributed by atoms with van der Waals surface area (Å²) in [5, 5.41) is 11.1. The first-order valence-electron chi connectivity index (χ1n) is 11.1. The van der Waals surface area contributed by atoms with Gasteiger partial charge in [0.05, 0.1) is 17.4 Å². The molecule has 0 radical (unpaired) electrons. The first kappa shape index (κ1) is 19.8. The second-order valence-corrected chi connectivity index (χ2v) is 8.41. The number of ether oxygens (including phenoxy) is 1. The van der Waals surface area contributed by atoms with Crippen molar-refractivity contribution in [3.8, 4) is 5.69 Å². The van der Waals surface area contributed by atoms with E-state index in [2.05, 4.69) is 22.8 Å². The molecule has 1 aromatic heterocycles. The van der Waals surface area contributed by atoms with Gasteiger partial charge < -0.3 is 10.1 Å². The molecule has 1 aliphatic carbocycles. The Morgan fingerprint density at radius 1 is 0.968 bits per heavy atom. The van der Waals surface area contributed by atoms with Crippen LogP contribution in [-0.2, 0) is 4.74 Å². The Balaban J connectivity index is 1.37. The van der Waals surface area contributed by atoms with E-state index < -0.39 is 0 Å². The molecule has 2 amide bonds. The molecule has 1 atom stereocenters. The van der Waals surface area contributed by atoms with Gasteiger partial charge in [-0.05, 0) is 49.3 Å². The van der Waals surface area contributed by atoms with E-state index in [1.807, 2.05) is 59.3 Å². The first-order valence-corrected chi connectivity index (χ1v) is 11.1. The van der Waals surface area contributed by atoms with Crippen LogP contribution in [0.25, 0.3) is 5.69 Å². The molecule has 0 bridgehead atoms. The van der Waals surface area contributed by atoms with Gasteiger partial charge in [-0.2, -0.15) is 5.10 Å². The maximum atomic E-state index is 13.1. The summed E-state index contributed by atoms with van der Waals surface area (Å²) in [6, 6.07) is 21.9. The predicted octanol–water partition coefficient (Wildman–Crippen LogP) is 5.04. The number of hydrogen-bond acceptors (Lipinski definition) is 3. The summed E-state index contributed by atoms with van der Waals surface area (Å²) in [6.07, 6.45) is 4.20. The van der Waals surface area contributed by atoms with E-state index in [-0.39, 0.29) is 12.1 Å². The van der Waals surface area contributed by atoms with Gasteiger partial charge in [-0.25, -0.2) is 9.48 Å². The molecule has 3 aromatic rings. The molecule has 1 saturated carbocycles. The zero-order valence-corrected chi connectivity index (χ0v) is 17.5. The Kier molecular flexibility index (Phi) is 5.71. The smallest absolute Gasteiger partial charge is 0.320 e. The number of aromatic nitrogens is 2. The maximum Gasteiger partial charge on any atom is 0.320 e. The van der Waals surface area contributed by atoms with E-state index in [1.54, 1.807) is 0 Å². The van der Waals surface area contributed by atoms with Gasteiger partial charge in [0, 0.05) is 25.2 Å². The molecule has 1 saturated heterocycles.